The van der Waals surface area contributed by atoms with Crippen LogP contribution in [0.2, 0.25) is 0 Å². The van der Waals surface area contributed by atoms with E-state index in [0.29, 0.717) is 37.7 Å². The molecular weight excluding hydrogens is 638 g/mol. The molecule has 0 heterocycles. The van der Waals surface area contributed by atoms with Crippen LogP contribution < -0.4 is 0 Å². The summed E-state index contributed by atoms with van der Waals surface area (Å²) in [5.74, 6) is 1.99. The minimum atomic E-state index is -0.0710. The molecule has 2 bridgehead atoms. The Bertz CT molecular complexity index is 883. The largest absolute Gasteiger partial charge is 0.466 e. The number of rotatable bonds is 33. The lowest BCUT2D eigenvalue weighted by Gasteiger charge is -2.21. The Kier molecular flexibility index (Phi) is 26.6. The third kappa shape index (κ3) is 23.6. The number of carbonyl (C=O) groups excluding carboxylic acids is 3. The van der Waals surface area contributed by atoms with Gasteiger partial charge < -0.3 is 19.1 Å². The molecule has 2 aliphatic carbocycles. The molecule has 2 saturated carbocycles. The van der Waals surface area contributed by atoms with E-state index in [9.17, 15) is 14.4 Å². The van der Waals surface area contributed by atoms with Gasteiger partial charge in [-0.15, -0.1) is 0 Å². The van der Waals surface area contributed by atoms with Crippen LogP contribution in [0, 0.1) is 17.8 Å². The standard InChI is InChI=1S/C44H81NO6/c1-5-7-15-23-37(24-16-8-6-2)32-34-49-42(46)29-19-13-9-11-17-27-40(50-43(47)31-22-33-45(3)4)28-18-12-10-14-20-30-44(48)51-41-36-38-25-21-26-39(41)35-38/h37-41H,5-36H2,1-4H3/t38-,39+,40?,41?/m1/s1. The number of hydrogen-bond donors (Lipinski definition) is 0. The normalized spacial score (nSPS) is 19.1. The smallest absolute Gasteiger partial charge is 0.306 e. The minimum Gasteiger partial charge on any atom is -0.466 e. The third-order valence-electron chi connectivity index (χ3n) is 11.5. The summed E-state index contributed by atoms with van der Waals surface area (Å²) < 4.78 is 17.5. The van der Waals surface area contributed by atoms with Crippen LogP contribution in [0.25, 0.3) is 0 Å². The van der Waals surface area contributed by atoms with Crippen molar-refractivity contribution in [1.82, 2.24) is 4.90 Å². The molecule has 0 spiro atoms. The number of esters is 3. The fourth-order valence-corrected chi connectivity index (χ4v) is 8.38. The van der Waals surface area contributed by atoms with Crippen LogP contribution in [0.15, 0.2) is 0 Å². The first-order valence-corrected chi connectivity index (χ1v) is 22.0. The summed E-state index contributed by atoms with van der Waals surface area (Å²) in [6.07, 6.45) is 32.2. The average Bonchev–Trinajstić information content (AvgIpc) is 3.37. The highest BCUT2D eigenvalue weighted by Gasteiger charge is 2.39. The summed E-state index contributed by atoms with van der Waals surface area (Å²) in [5.41, 5.74) is 0. The molecule has 0 aliphatic heterocycles. The Morgan fingerprint density at radius 2 is 1.18 bits per heavy atom. The van der Waals surface area contributed by atoms with Crippen LogP contribution in [-0.2, 0) is 28.6 Å². The number of fused-ring (bicyclic) bond motifs is 2. The Hall–Kier alpha value is -1.63. The van der Waals surface area contributed by atoms with Crippen molar-refractivity contribution in [1.29, 1.82) is 0 Å². The van der Waals surface area contributed by atoms with Crippen molar-refractivity contribution < 1.29 is 28.6 Å². The van der Waals surface area contributed by atoms with Gasteiger partial charge in [0.15, 0.2) is 0 Å². The van der Waals surface area contributed by atoms with Crippen LogP contribution in [0.1, 0.15) is 206 Å². The summed E-state index contributed by atoms with van der Waals surface area (Å²) >= 11 is 0. The zero-order valence-electron chi connectivity index (χ0n) is 33.9. The van der Waals surface area contributed by atoms with E-state index in [0.717, 1.165) is 109 Å². The lowest BCUT2D eigenvalue weighted by Crippen LogP contribution is -2.21. The van der Waals surface area contributed by atoms with Crippen molar-refractivity contribution in [2.24, 2.45) is 17.8 Å². The van der Waals surface area contributed by atoms with E-state index >= 15 is 0 Å². The Balaban J connectivity index is 1.56. The van der Waals surface area contributed by atoms with Crippen LogP contribution >= 0.6 is 0 Å². The predicted molar refractivity (Wildman–Crippen MR) is 210 cm³/mol. The first-order chi connectivity index (χ1) is 24.8. The maximum Gasteiger partial charge on any atom is 0.306 e. The Morgan fingerprint density at radius 1 is 0.608 bits per heavy atom. The topological polar surface area (TPSA) is 82.1 Å². The van der Waals surface area contributed by atoms with Crippen LogP contribution in [0.4, 0.5) is 0 Å². The van der Waals surface area contributed by atoms with Gasteiger partial charge in [0, 0.05) is 19.3 Å². The number of carbonyl (C=O) groups is 3. The van der Waals surface area contributed by atoms with Gasteiger partial charge in [-0.25, -0.2) is 0 Å². The highest BCUT2D eigenvalue weighted by molar-refractivity contribution is 5.70. The Morgan fingerprint density at radius 3 is 1.78 bits per heavy atom. The molecule has 7 nitrogen and oxygen atoms in total. The fraction of sp³-hybridized carbons (Fsp3) is 0.932. The Labute approximate surface area is 314 Å². The molecule has 0 N–H and O–H groups in total. The molecule has 51 heavy (non-hydrogen) atoms. The second kappa shape index (κ2) is 29.8. The molecule has 0 amide bonds. The van der Waals surface area contributed by atoms with Gasteiger partial charge in [0.05, 0.1) is 6.61 Å². The van der Waals surface area contributed by atoms with Crippen molar-refractivity contribution >= 4 is 17.9 Å². The molecule has 0 radical (unpaired) electrons. The highest BCUT2D eigenvalue weighted by Crippen LogP contribution is 2.43. The fourth-order valence-electron chi connectivity index (χ4n) is 8.38. The molecule has 2 rings (SSSR count). The van der Waals surface area contributed by atoms with Crippen molar-refractivity contribution in [3.8, 4) is 0 Å². The number of unbranched alkanes of at least 4 members (excludes halogenated alkanes) is 12. The zero-order valence-corrected chi connectivity index (χ0v) is 33.9. The SMILES string of the molecule is CCCCCC(CCCCC)CCOC(=O)CCCCCCCC(CCCCCCCC(=O)OC1C[C@@H]2CCC[C@H]1C2)OC(=O)CCCN(C)C. The van der Waals surface area contributed by atoms with Crippen LogP contribution in [0.3, 0.4) is 0 Å². The average molecular weight is 720 g/mol. The van der Waals surface area contributed by atoms with Crippen molar-refractivity contribution in [2.75, 3.05) is 27.2 Å². The van der Waals surface area contributed by atoms with Gasteiger partial charge in [0.25, 0.3) is 0 Å². The van der Waals surface area contributed by atoms with E-state index in [1.54, 1.807) is 0 Å². The van der Waals surface area contributed by atoms with E-state index in [1.165, 1.54) is 77.0 Å². The van der Waals surface area contributed by atoms with Gasteiger partial charge in [0.2, 0.25) is 0 Å². The van der Waals surface area contributed by atoms with Crippen molar-refractivity contribution in [3.63, 3.8) is 0 Å². The minimum absolute atomic E-state index is 0.00316. The van der Waals surface area contributed by atoms with E-state index in [-0.39, 0.29) is 30.1 Å². The molecule has 7 heteroatoms. The highest BCUT2D eigenvalue weighted by atomic mass is 16.5. The second-order valence-electron chi connectivity index (χ2n) is 16.6. The van der Waals surface area contributed by atoms with E-state index in [2.05, 4.69) is 18.7 Å². The summed E-state index contributed by atoms with van der Waals surface area (Å²) in [4.78, 5) is 39.5. The van der Waals surface area contributed by atoms with Gasteiger partial charge in [-0.3, -0.25) is 14.4 Å². The summed E-state index contributed by atoms with van der Waals surface area (Å²) in [5, 5.41) is 0. The van der Waals surface area contributed by atoms with E-state index in [4.69, 9.17) is 14.2 Å². The van der Waals surface area contributed by atoms with Crippen molar-refractivity contribution in [2.45, 2.75) is 219 Å². The van der Waals surface area contributed by atoms with Gasteiger partial charge in [-0.05, 0) is 109 Å². The number of ether oxygens (including phenoxy) is 3. The molecule has 0 aromatic carbocycles. The lowest BCUT2D eigenvalue weighted by molar-refractivity contribution is -0.151. The first kappa shape index (κ1) is 45.5. The number of hydrogen-bond acceptors (Lipinski definition) is 7. The van der Waals surface area contributed by atoms with Crippen LogP contribution in [0.5, 0.6) is 0 Å². The maximum atomic E-state index is 12.6. The van der Waals surface area contributed by atoms with Gasteiger partial charge in [-0.1, -0.05) is 117 Å². The molecule has 2 unspecified atom stereocenters. The maximum absolute atomic E-state index is 12.6. The molecule has 2 fully saturated rings. The molecule has 0 saturated heterocycles. The predicted octanol–water partition coefficient (Wildman–Crippen LogP) is 11.5. The molecule has 0 aromatic rings. The van der Waals surface area contributed by atoms with Gasteiger partial charge in [-0.2, -0.15) is 0 Å². The van der Waals surface area contributed by atoms with Gasteiger partial charge >= 0.3 is 17.9 Å². The zero-order chi connectivity index (χ0) is 36.9. The monoisotopic (exact) mass is 720 g/mol. The molecular formula is C44H81NO6. The molecule has 2 aliphatic rings. The second-order valence-corrected chi connectivity index (χ2v) is 16.6. The number of nitrogens with zero attached hydrogens (tertiary/aromatic N) is 1. The van der Waals surface area contributed by atoms with Crippen LogP contribution in [-0.4, -0.2) is 62.3 Å². The first-order valence-electron chi connectivity index (χ1n) is 22.0. The summed E-state index contributed by atoms with van der Waals surface area (Å²) in [7, 11) is 4.06. The quantitative estimate of drug-likeness (QED) is 0.0379. The molecule has 298 valence electrons. The summed E-state index contributed by atoms with van der Waals surface area (Å²) in [6.45, 7) is 5.98. The molecule has 4 atom stereocenters. The lowest BCUT2D eigenvalue weighted by atomic mass is 9.89. The van der Waals surface area contributed by atoms with E-state index < -0.39 is 0 Å². The van der Waals surface area contributed by atoms with E-state index in [1.807, 2.05) is 14.1 Å². The molecule has 0 aromatic heterocycles. The third-order valence-corrected chi connectivity index (χ3v) is 11.5. The van der Waals surface area contributed by atoms with Crippen molar-refractivity contribution in [3.05, 3.63) is 0 Å². The van der Waals surface area contributed by atoms with Gasteiger partial charge in [0.1, 0.15) is 12.2 Å². The summed E-state index contributed by atoms with van der Waals surface area (Å²) in [6, 6.07) is 0.